The molecule has 2 aromatic carbocycles. The smallest absolute Gasteiger partial charge is 0.214 e. The third-order valence-electron chi connectivity index (χ3n) is 7.31. The number of hydrogen-bond donors (Lipinski definition) is 1. The predicted molar refractivity (Wildman–Crippen MR) is 158 cm³/mol. The van der Waals surface area contributed by atoms with E-state index in [1.165, 1.54) is 17.0 Å². The van der Waals surface area contributed by atoms with Gasteiger partial charge < -0.3 is 19.6 Å². The molecular formula is C30H37ClF2N4O4. The molecule has 1 fully saturated rings. The second-order valence-electron chi connectivity index (χ2n) is 10.2. The average molecular weight is 591 g/mol. The van der Waals surface area contributed by atoms with Gasteiger partial charge in [-0.3, -0.25) is 19.5 Å². The Hall–Kier alpha value is -3.34. The predicted octanol–water partition coefficient (Wildman–Crippen LogP) is 4.55. The highest BCUT2D eigenvalue weighted by Gasteiger charge is 2.37. The summed E-state index contributed by atoms with van der Waals surface area (Å²) in [5, 5.41) is 9.54. The van der Waals surface area contributed by atoms with Crippen LogP contribution in [0.5, 0.6) is 5.75 Å². The molecule has 0 aliphatic carbocycles. The third-order valence-corrected chi connectivity index (χ3v) is 7.61. The van der Waals surface area contributed by atoms with Crippen LogP contribution in [-0.4, -0.2) is 92.0 Å². The number of amidine groups is 1. The first-order valence-corrected chi connectivity index (χ1v) is 13.8. The maximum Gasteiger partial charge on any atom is 0.214 e. The summed E-state index contributed by atoms with van der Waals surface area (Å²) >= 11 is 6.81. The molecule has 2 aromatic rings. The van der Waals surface area contributed by atoms with Crippen molar-refractivity contribution in [3.63, 3.8) is 0 Å². The monoisotopic (exact) mass is 590 g/mol. The van der Waals surface area contributed by atoms with Crippen LogP contribution in [0.2, 0.25) is 5.02 Å². The van der Waals surface area contributed by atoms with E-state index in [4.69, 9.17) is 21.1 Å². The average Bonchev–Trinajstić information content (AvgIpc) is 2.95. The van der Waals surface area contributed by atoms with E-state index in [-0.39, 0.29) is 47.1 Å². The molecule has 0 radical (unpaired) electrons. The standard InChI is InChI=1S/C27H33ClF2N4O3.C3H4O/c1-16-13-34(17(2)12-32(16)4)27(31-3)21-11-22(28)24(20-8-7-18(29)10-23(20)30)26-25(21)33(15-36)14-19(37-26)6-5-9-35;1-2-3-4/h7-8,10-11,15-17,19,35H,5-6,9,12-14H2,1-4H3;2-3H,1H2/t16-,17+,19?;/m1./s1. The van der Waals surface area contributed by atoms with Crippen LogP contribution in [0, 0.1) is 11.6 Å². The number of aliphatic hydroxyl groups is 1. The van der Waals surface area contributed by atoms with Gasteiger partial charge in [-0.1, -0.05) is 18.2 Å². The molecule has 222 valence electrons. The van der Waals surface area contributed by atoms with Crippen molar-refractivity contribution >= 4 is 35.8 Å². The Kier molecular flexibility index (Phi) is 11.4. The molecule has 3 atom stereocenters. The largest absolute Gasteiger partial charge is 0.486 e. The number of carbonyl (C=O) groups is 2. The van der Waals surface area contributed by atoms with Gasteiger partial charge in [0.25, 0.3) is 0 Å². The van der Waals surface area contributed by atoms with Gasteiger partial charge >= 0.3 is 0 Å². The summed E-state index contributed by atoms with van der Waals surface area (Å²) in [6, 6.07) is 5.36. The third kappa shape index (κ3) is 7.12. The van der Waals surface area contributed by atoms with Gasteiger partial charge in [0.2, 0.25) is 6.41 Å². The Balaban J connectivity index is 0.00000108. The minimum atomic E-state index is -0.790. The van der Waals surface area contributed by atoms with E-state index in [0.717, 1.165) is 25.1 Å². The second kappa shape index (κ2) is 14.5. The molecule has 1 N–H and O–H groups in total. The van der Waals surface area contributed by atoms with Crippen LogP contribution < -0.4 is 9.64 Å². The van der Waals surface area contributed by atoms with Crippen LogP contribution in [0.25, 0.3) is 11.1 Å². The van der Waals surface area contributed by atoms with Crippen LogP contribution in [0.3, 0.4) is 0 Å². The van der Waals surface area contributed by atoms with Crippen molar-refractivity contribution in [3.05, 3.63) is 59.1 Å². The lowest BCUT2D eigenvalue weighted by molar-refractivity contribution is -0.108. The molecule has 8 nitrogen and oxygen atoms in total. The van der Waals surface area contributed by atoms with Gasteiger partial charge in [-0.05, 0) is 58.0 Å². The molecule has 1 unspecified atom stereocenters. The zero-order valence-corrected chi connectivity index (χ0v) is 24.6. The van der Waals surface area contributed by atoms with Crippen molar-refractivity contribution in [1.29, 1.82) is 0 Å². The number of allylic oxidation sites excluding steroid dienone is 1. The number of fused-ring (bicyclic) bond motifs is 1. The Bertz CT molecular complexity index is 1290. The highest BCUT2D eigenvalue weighted by Crippen LogP contribution is 2.49. The van der Waals surface area contributed by atoms with Gasteiger partial charge in [-0.15, -0.1) is 0 Å². The summed E-state index contributed by atoms with van der Waals surface area (Å²) in [5.41, 5.74) is 1.36. The highest BCUT2D eigenvalue weighted by atomic mass is 35.5. The number of nitrogens with zero attached hydrogens (tertiary/aromatic N) is 4. The fraction of sp³-hybridized carbons (Fsp3) is 0.433. The van der Waals surface area contributed by atoms with Crippen LogP contribution in [0.15, 0.2) is 41.9 Å². The summed E-state index contributed by atoms with van der Waals surface area (Å²) in [5.74, 6) is -0.606. The summed E-state index contributed by atoms with van der Waals surface area (Å²) in [6.45, 7) is 9.13. The number of amides is 1. The van der Waals surface area contributed by atoms with Crippen molar-refractivity contribution in [2.75, 3.05) is 45.2 Å². The number of rotatable bonds is 7. The first-order valence-electron chi connectivity index (χ1n) is 13.4. The van der Waals surface area contributed by atoms with E-state index in [1.54, 1.807) is 13.1 Å². The molecule has 0 spiro atoms. The van der Waals surface area contributed by atoms with Gasteiger partial charge in [-0.2, -0.15) is 0 Å². The second-order valence-corrected chi connectivity index (χ2v) is 10.6. The fourth-order valence-electron chi connectivity index (χ4n) is 5.21. The van der Waals surface area contributed by atoms with E-state index >= 15 is 4.39 Å². The molecule has 1 saturated heterocycles. The number of carbonyl (C=O) groups excluding carboxylic acids is 2. The molecule has 0 bridgehead atoms. The topological polar surface area (TPSA) is 85.7 Å². The minimum Gasteiger partial charge on any atom is -0.486 e. The van der Waals surface area contributed by atoms with Gasteiger partial charge in [0.1, 0.15) is 29.9 Å². The number of piperazine rings is 1. The molecular weight excluding hydrogens is 554 g/mol. The first kappa shape index (κ1) is 32.2. The number of aldehydes is 1. The number of hydrogen-bond acceptors (Lipinski definition) is 6. The Morgan fingerprint density at radius 2 is 1.90 bits per heavy atom. The molecule has 1 amide bonds. The molecule has 2 heterocycles. The van der Waals surface area contributed by atoms with Crippen molar-refractivity contribution in [2.45, 2.75) is 44.9 Å². The van der Waals surface area contributed by atoms with Gasteiger partial charge in [0, 0.05) is 61.6 Å². The first-order chi connectivity index (χ1) is 19.6. The number of anilines is 1. The lowest BCUT2D eigenvalue weighted by atomic mass is 9.95. The van der Waals surface area contributed by atoms with E-state index in [9.17, 15) is 14.3 Å². The SMILES string of the molecule is C=CC=O.CN=C(c1cc(Cl)c(-c2ccc(F)cc2F)c2c1N(C=O)CC(CCCO)O2)N1C[C@@H](C)N(C)C[C@@H]1C. The molecule has 2 aliphatic heterocycles. The highest BCUT2D eigenvalue weighted by molar-refractivity contribution is 6.35. The molecule has 0 aromatic heterocycles. The van der Waals surface area contributed by atoms with E-state index in [1.807, 2.05) is 0 Å². The van der Waals surface area contributed by atoms with Crippen LogP contribution >= 0.6 is 11.6 Å². The Morgan fingerprint density at radius 3 is 2.49 bits per heavy atom. The molecule has 11 heteroatoms. The van der Waals surface area contributed by atoms with Crippen LogP contribution in [0.4, 0.5) is 14.5 Å². The van der Waals surface area contributed by atoms with E-state index in [2.05, 4.69) is 42.3 Å². The van der Waals surface area contributed by atoms with Crippen molar-refractivity contribution in [3.8, 4) is 16.9 Å². The summed E-state index contributed by atoms with van der Waals surface area (Å²) in [7, 11) is 3.78. The number of benzene rings is 2. The maximum atomic E-state index is 15.0. The van der Waals surface area contributed by atoms with Crippen LogP contribution in [0.1, 0.15) is 32.3 Å². The summed E-state index contributed by atoms with van der Waals surface area (Å²) in [6.07, 6.45) is 3.07. The normalized spacial score (nSPS) is 20.9. The fourth-order valence-corrected chi connectivity index (χ4v) is 5.50. The number of halogens is 3. The lowest BCUT2D eigenvalue weighted by Gasteiger charge is -2.45. The lowest BCUT2D eigenvalue weighted by Crippen LogP contribution is -2.57. The van der Waals surface area contributed by atoms with Crippen LogP contribution in [-0.2, 0) is 9.59 Å². The summed E-state index contributed by atoms with van der Waals surface area (Å²) < 4.78 is 35.1. The Morgan fingerprint density at radius 1 is 1.20 bits per heavy atom. The molecule has 41 heavy (non-hydrogen) atoms. The van der Waals surface area contributed by atoms with Crippen molar-refractivity contribution in [2.24, 2.45) is 4.99 Å². The number of aliphatic imine (C=N–C) groups is 1. The molecule has 0 saturated carbocycles. The maximum absolute atomic E-state index is 15.0. The number of likely N-dealkylation sites (N-methyl/N-ethyl adjacent to an activating group) is 1. The van der Waals surface area contributed by atoms with E-state index < -0.39 is 17.7 Å². The number of aliphatic hydroxyl groups excluding tert-OH is 1. The van der Waals surface area contributed by atoms with Gasteiger partial charge in [-0.25, -0.2) is 8.78 Å². The van der Waals surface area contributed by atoms with Gasteiger partial charge in [0.15, 0.2) is 5.75 Å². The number of ether oxygens (including phenoxy) is 1. The molecule has 4 rings (SSSR count). The zero-order chi connectivity index (χ0) is 30.3. The quantitative estimate of drug-likeness (QED) is 0.220. The zero-order valence-electron chi connectivity index (χ0n) is 23.8. The van der Waals surface area contributed by atoms with E-state index in [0.29, 0.717) is 42.8 Å². The van der Waals surface area contributed by atoms with Gasteiger partial charge in [0.05, 0.1) is 17.3 Å². The summed E-state index contributed by atoms with van der Waals surface area (Å²) in [4.78, 5) is 32.1. The van der Waals surface area contributed by atoms with Crippen molar-refractivity contribution < 1.29 is 28.2 Å². The van der Waals surface area contributed by atoms with Crippen molar-refractivity contribution in [1.82, 2.24) is 9.80 Å². The Labute approximate surface area is 244 Å². The molecule has 2 aliphatic rings. The minimum absolute atomic E-state index is 0.0276.